The predicted octanol–water partition coefficient (Wildman–Crippen LogP) is 2.11. The Hall–Kier alpha value is -2.44. The Kier molecular flexibility index (Phi) is 4.03. The normalized spacial score (nSPS) is 25.4. The molecule has 0 spiro atoms. The average molecular weight is 334 g/mol. The third-order valence-electron chi connectivity index (χ3n) is 5.11. The summed E-state index contributed by atoms with van der Waals surface area (Å²) in [5.74, 6) is -2.27. The van der Waals surface area contributed by atoms with Crippen molar-refractivity contribution in [2.45, 2.75) is 26.2 Å². The highest BCUT2D eigenvalue weighted by Crippen LogP contribution is 2.49. The van der Waals surface area contributed by atoms with Gasteiger partial charge in [-0.05, 0) is 37.0 Å². The number of carbonyl (C=O) groups excluding carboxylic acids is 2. The van der Waals surface area contributed by atoms with Crippen LogP contribution in [0.5, 0.6) is 0 Å². The number of hydrogen-bond donors (Lipinski definition) is 2. The fraction of sp³-hybridized carbons (Fsp3) is 0.471. The van der Waals surface area contributed by atoms with Gasteiger partial charge in [-0.25, -0.2) is 4.39 Å². The van der Waals surface area contributed by atoms with Gasteiger partial charge in [-0.1, -0.05) is 6.42 Å². The average Bonchev–Trinajstić information content (AvgIpc) is 3.06. The molecule has 24 heavy (non-hydrogen) atoms. The van der Waals surface area contributed by atoms with Crippen LogP contribution in [-0.4, -0.2) is 40.9 Å². The molecular formula is C17H19FN2O4. The second-order valence-corrected chi connectivity index (χ2v) is 6.61. The monoisotopic (exact) mass is 334 g/mol. The van der Waals surface area contributed by atoms with E-state index in [0.717, 1.165) is 18.9 Å². The molecule has 7 heteroatoms. The van der Waals surface area contributed by atoms with Crippen LogP contribution < -0.4 is 5.32 Å². The number of fused-ring (bicyclic) bond motifs is 1. The Morgan fingerprint density at radius 1 is 1.38 bits per heavy atom. The number of aliphatic carboxylic acids is 1. The molecule has 0 unspecified atom stereocenters. The molecule has 1 aromatic carbocycles. The van der Waals surface area contributed by atoms with Crippen LogP contribution in [-0.2, 0) is 9.59 Å². The van der Waals surface area contributed by atoms with E-state index in [0.29, 0.717) is 13.0 Å². The number of carboxylic acids is 1. The molecule has 0 bridgehead atoms. The summed E-state index contributed by atoms with van der Waals surface area (Å²) in [5.41, 5.74) is -0.669. The molecule has 1 heterocycles. The number of halogens is 1. The quantitative estimate of drug-likeness (QED) is 0.886. The van der Waals surface area contributed by atoms with Crippen molar-refractivity contribution in [2.75, 3.05) is 18.4 Å². The highest BCUT2D eigenvalue weighted by atomic mass is 19.1. The van der Waals surface area contributed by atoms with Gasteiger partial charge in [0.25, 0.3) is 5.91 Å². The Balaban J connectivity index is 1.83. The van der Waals surface area contributed by atoms with Gasteiger partial charge < -0.3 is 15.3 Å². The van der Waals surface area contributed by atoms with Gasteiger partial charge in [0.1, 0.15) is 5.82 Å². The first kappa shape index (κ1) is 16.4. The SMILES string of the molecule is CC(=O)Nc1cc(C(=O)N2C[C@@H]3CCC[C@@]3(C(=O)O)C2)ccc1F. The smallest absolute Gasteiger partial charge is 0.311 e. The molecule has 1 saturated heterocycles. The summed E-state index contributed by atoms with van der Waals surface area (Å²) in [6.45, 7) is 1.84. The van der Waals surface area contributed by atoms with Crippen LogP contribution in [0.25, 0.3) is 0 Å². The number of likely N-dealkylation sites (tertiary alicyclic amines) is 1. The number of carbonyl (C=O) groups is 3. The highest BCUT2D eigenvalue weighted by molar-refractivity contribution is 5.97. The second kappa shape index (κ2) is 5.89. The van der Waals surface area contributed by atoms with Crippen molar-refractivity contribution in [1.29, 1.82) is 0 Å². The van der Waals surface area contributed by atoms with Gasteiger partial charge in [0.2, 0.25) is 5.91 Å². The van der Waals surface area contributed by atoms with Crippen molar-refractivity contribution in [3.63, 3.8) is 0 Å². The molecule has 2 fully saturated rings. The fourth-order valence-corrected chi connectivity index (χ4v) is 3.92. The lowest BCUT2D eigenvalue weighted by Gasteiger charge is -2.23. The number of benzene rings is 1. The molecule has 1 aliphatic heterocycles. The van der Waals surface area contributed by atoms with Gasteiger partial charge in [-0.3, -0.25) is 14.4 Å². The van der Waals surface area contributed by atoms with E-state index < -0.39 is 23.1 Å². The van der Waals surface area contributed by atoms with E-state index in [4.69, 9.17) is 0 Å². The van der Waals surface area contributed by atoms with Crippen LogP contribution in [0, 0.1) is 17.2 Å². The molecule has 0 aromatic heterocycles. The summed E-state index contributed by atoms with van der Waals surface area (Å²) in [6, 6.07) is 3.77. The Bertz CT molecular complexity index is 721. The second-order valence-electron chi connectivity index (χ2n) is 6.61. The Labute approximate surface area is 138 Å². The van der Waals surface area contributed by atoms with Crippen LogP contribution in [0.1, 0.15) is 36.5 Å². The molecule has 1 aromatic rings. The van der Waals surface area contributed by atoms with Gasteiger partial charge in [0.15, 0.2) is 0 Å². The maximum atomic E-state index is 13.7. The van der Waals surface area contributed by atoms with E-state index in [1.165, 1.54) is 24.0 Å². The highest BCUT2D eigenvalue weighted by Gasteiger charge is 2.55. The molecule has 2 amide bonds. The lowest BCUT2D eigenvalue weighted by molar-refractivity contribution is -0.149. The van der Waals surface area contributed by atoms with Gasteiger partial charge >= 0.3 is 5.97 Å². The topological polar surface area (TPSA) is 86.7 Å². The van der Waals surface area contributed by atoms with E-state index >= 15 is 0 Å². The minimum atomic E-state index is -0.851. The number of nitrogens with one attached hydrogen (secondary N) is 1. The van der Waals surface area contributed by atoms with Crippen LogP contribution in [0.3, 0.4) is 0 Å². The number of hydrogen-bond acceptors (Lipinski definition) is 3. The van der Waals surface area contributed by atoms with Gasteiger partial charge in [-0.15, -0.1) is 0 Å². The molecule has 1 aliphatic carbocycles. The Morgan fingerprint density at radius 3 is 2.75 bits per heavy atom. The minimum absolute atomic E-state index is 0.0331. The number of carboxylic acid groups (broad SMARTS) is 1. The molecule has 2 aliphatic rings. The molecule has 6 nitrogen and oxygen atoms in total. The molecule has 2 atom stereocenters. The maximum absolute atomic E-state index is 13.7. The first-order valence-corrected chi connectivity index (χ1v) is 7.93. The zero-order valence-electron chi connectivity index (χ0n) is 13.3. The van der Waals surface area contributed by atoms with Crippen molar-refractivity contribution in [2.24, 2.45) is 11.3 Å². The predicted molar refractivity (Wildman–Crippen MR) is 84.0 cm³/mol. The maximum Gasteiger partial charge on any atom is 0.311 e. The molecule has 1 saturated carbocycles. The van der Waals surface area contributed by atoms with Crippen molar-refractivity contribution >= 4 is 23.5 Å². The summed E-state index contributed by atoms with van der Waals surface area (Å²) < 4.78 is 13.7. The summed E-state index contributed by atoms with van der Waals surface area (Å²) in [4.78, 5) is 37.0. The molecular weight excluding hydrogens is 315 g/mol. The number of nitrogens with zero attached hydrogens (tertiary/aromatic N) is 1. The van der Waals surface area contributed by atoms with Gasteiger partial charge in [0, 0.05) is 25.6 Å². The minimum Gasteiger partial charge on any atom is -0.481 e. The molecule has 2 N–H and O–H groups in total. The van der Waals surface area contributed by atoms with E-state index in [-0.39, 0.29) is 29.6 Å². The van der Waals surface area contributed by atoms with E-state index in [2.05, 4.69) is 5.32 Å². The van der Waals surface area contributed by atoms with Crippen molar-refractivity contribution < 1.29 is 23.9 Å². The Morgan fingerprint density at radius 2 is 2.12 bits per heavy atom. The molecule has 3 rings (SSSR count). The molecule has 0 radical (unpaired) electrons. The van der Waals surface area contributed by atoms with Crippen molar-refractivity contribution in [1.82, 2.24) is 4.90 Å². The van der Waals surface area contributed by atoms with Crippen LogP contribution in [0.4, 0.5) is 10.1 Å². The van der Waals surface area contributed by atoms with Crippen LogP contribution in [0.15, 0.2) is 18.2 Å². The van der Waals surface area contributed by atoms with E-state index in [1.54, 1.807) is 0 Å². The van der Waals surface area contributed by atoms with Crippen LogP contribution in [0.2, 0.25) is 0 Å². The van der Waals surface area contributed by atoms with Gasteiger partial charge in [0.05, 0.1) is 11.1 Å². The van der Waals surface area contributed by atoms with Crippen molar-refractivity contribution in [3.8, 4) is 0 Å². The third-order valence-corrected chi connectivity index (χ3v) is 5.11. The first-order valence-electron chi connectivity index (χ1n) is 7.93. The zero-order valence-corrected chi connectivity index (χ0v) is 13.3. The number of rotatable bonds is 3. The van der Waals surface area contributed by atoms with Gasteiger partial charge in [-0.2, -0.15) is 0 Å². The molecule has 128 valence electrons. The third kappa shape index (κ3) is 2.64. The summed E-state index contributed by atoms with van der Waals surface area (Å²) in [7, 11) is 0. The van der Waals surface area contributed by atoms with E-state index in [1.807, 2.05) is 0 Å². The fourth-order valence-electron chi connectivity index (χ4n) is 3.92. The number of anilines is 1. The summed E-state index contributed by atoms with van der Waals surface area (Å²) in [6.07, 6.45) is 2.25. The zero-order chi connectivity index (χ0) is 17.5. The summed E-state index contributed by atoms with van der Waals surface area (Å²) >= 11 is 0. The number of amides is 2. The lowest BCUT2D eigenvalue weighted by Crippen LogP contribution is -2.37. The standard InChI is InChI=1S/C17H19FN2O4/c1-10(21)19-14-7-11(4-5-13(14)18)15(22)20-8-12-3-2-6-17(12,9-20)16(23)24/h4-5,7,12H,2-3,6,8-9H2,1H3,(H,19,21)(H,23,24)/t12-,17+/m0/s1. The largest absolute Gasteiger partial charge is 0.481 e. The first-order chi connectivity index (χ1) is 11.3. The summed E-state index contributed by atoms with van der Waals surface area (Å²) in [5, 5.41) is 11.9. The lowest BCUT2D eigenvalue weighted by atomic mass is 9.81. The van der Waals surface area contributed by atoms with E-state index in [9.17, 15) is 23.9 Å². The van der Waals surface area contributed by atoms with Crippen molar-refractivity contribution in [3.05, 3.63) is 29.6 Å². The van der Waals surface area contributed by atoms with Crippen LogP contribution >= 0.6 is 0 Å².